The molecule has 2 aliphatic rings. The monoisotopic (exact) mass is 222 g/mol. The van der Waals surface area contributed by atoms with Gasteiger partial charge >= 0.3 is 0 Å². The molecule has 1 atom stereocenters. The Morgan fingerprint density at radius 2 is 2.12 bits per heavy atom. The summed E-state index contributed by atoms with van der Waals surface area (Å²) in [6.45, 7) is 0. The largest absolute Gasteiger partial charge is 0.298 e. The van der Waals surface area contributed by atoms with Gasteiger partial charge in [-0.25, -0.2) is 0 Å². The van der Waals surface area contributed by atoms with Gasteiger partial charge in [0.2, 0.25) is 0 Å². The van der Waals surface area contributed by atoms with Gasteiger partial charge in [0, 0.05) is 23.6 Å². The number of benzene rings is 1. The zero-order chi connectivity index (χ0) is 11.5. The maximum atomic E-state index is 11.9. The Morgan fingerprint density at radius 1 is 1.24 bits per heavy atom. The molecule has 1 fully saturated rings. The maximum Gasteiger partial charge on any atom is 0.148 e. The van der Waals surface area contributed by atoms with E-state index in [0.29, 0.717) is 6.42 Å². The molecule has 17 heavy (non-hydrogen) atoms. The molecular formula is C14H10N2O. The van der Waals surface area contributed by atoms with Crippen molar-refractivity contribution in [2.24, 2.45) is 4.99 Å². The summed E-state index contributed by atoms with van der Waals surface area (Å²) >= 11 is 0. The van der Waals surface area contributed by atoms with E-state index in [1.165, 1.54) is 0 Å². The van der Waals surface area contributed by atoms with Crippen molar-refractivity contribution in [2.45, 2.75) is 18.3 Å². The van der Waals surface area contributed by atoms with Crippen molar-refractivity contribution >= 4 is 28.6 Å². The van der Waals surface area contributed by atoms with Crippen molar-refractivity contribution in [3.05, 3.63) is 36.0 Å². The van der Waals surface area contributed by atoms with Gasteiger partial charge in [-0.1, -0.05) is 18.2 Å². The first-order chi connectivity index (χ1) is 8.31. The molecule has 1 saturated carbocycles. The number of carbonyl (C=O) groups is 1. The number of fused-ring (bicyclic) bond motifs is 4. The predicted octanol–water partition coefficient (Wildman–Crippen LogP) is 2.55. The molecule has 3 heteroatoms. The van der Waals surface area contributed by atoms with Gasteiger partial charge in [0.15, 0.2) is 0 Å². The lowest BCUT2D eigenvalue weighted by molar-refractivity contribution is -0.128. The summed E-state index contributed by atoms with van der Waals surface area (Å²) in [7, 11) is 0. The van der Waals surface area contributed by atoms with E-state index >= 15 is 0 Å². The second-order valence-electron chi connectivity index (χ2n) is 4.69. The highest BCUT2D eigenvalue weighted by molar-refractivity contribution is 6.17. The molecule has 1 aromatic carbocycles. The van der Waals surface area contributed by atoms with Crippen LogP contribution in [0.15, 0.2) is 35.5 Å². The first kappa shape index (κ1) is 9.05. The minimum Gasteiger partial charge on any atom is -0.298 e. The molecule has 0 amide bonds. The van der Waals surface area contributed by atoms with Crippen LogP contribution in [0.25, 0.3) is 10.9 Å². The number of nitrogens with zero attached hydrogens (tertiary/aromatic N) is 2. The number of para-hydroxylation sites is 1. The van der Waals surface area contributed by atoms with Crippen LogP contribution in [0.3, 0.4) is 0 Å². The number of pyridine rings is 1. The maximum absolute atomic E-state index is 11.9. The fourth-order valence-electron chi connectivity index (χ4n) is 2.84. The Balaban J connectivity index is 2.12. The van der Waals surface area contributed by atoms with E-state index in [4.69, 9.17) is 0 Å². The van der Waals surface area contributed by atoms with E-state index < -0.39 is 5.41 Å². The lowest BCUT2D eigenvalue weighted by atomic mass is 9.64. The second kappa shape index (κ2) is 2.80. The Morgan fingerprint density at radius 3 is 2.88 bits per heavy atom. The third kappa shape index (κ3) is 0.947. The number of aromatic nitrogens is 1. The zero-order valence-corrected chi connectivity index (χ0v) is 9.18. The standard InChI is InChI=1S/C14H10N2O/c17-12-5-6-14(12)8-16-11-7-15-10-4-2-1-3-9(10)13(11)14/h1-4,7-8H,5-6H2. The van der Waals surface area contributed by atoms with E-state index in [0.717, 1.165) is 28.6 Å². The number of rotatable bonds is 0. The smallest absolute Gasteiger partial charge is 0.148 e. The molecule has 1 unspecified atom stereocenters. The van der Waals surface area contributed by atoms with Crippen molar-refractivity contribution in [1.82, 2.24) is 4.98 Å². The van der Waals surface area contributed by atoms with E-state index in [9.17, 15) is 4.79 Å². The highest BCUT2D eigenvalue weighted by Gasteiger charge is 2.50. The molecule has 1 aliphatic heterocycles. The van der Waals surface area contributed by atoms with Crippen LogP contribution in [-0.2, 0) is 10.2 Å². The van der Waals surface area contributed by atoms with Gasteiger partial charge in [0.05, 0.1) is 22.8 Å². The number of hydrogen-bond acceptors (Lipinski definition) is 3. The molecule has 3 nitrogen and oxygen atoms in total. The highest BCUT2D eigenvalue weighted by Crippen LogP contribution is 2.49. The third-order valence-corrected chi connectivity index (χ3v) is 3.87. The van der Waals surface area contributed by atoms with Gasteiger partial charge in [0.25, 0.3) is 0 Å². The van der Waals surface area contributed by atoms with E-state index in [1.807, 2.05) is 30.5 Å². The first-order valence-corrected chi connectivity index (χ1v) is 5.78. The predicted molar refractivity (Wildman–Crippen MR) is 65.8 cm³/mol. The summed E-state index contributed by atoms with van der Waals surface area (Å²) < 4.78 is 0. The van der Waals surface area contributed by atoms with Crippen molar-refractivity contribution in [3.63, 3.8) is 0 Å². The molecule has 82 valence electrons. The Hall–Kier alpha value is -2.03. The van der Waals surface area contributed by atoms with Crippen LogP contribution in [0, 0.1) is 0 Å². The van der Waals surface area contributed by atoms with Gasteiger partial charge in [-0.05, 0) is 12.5 Å². The summed E-state index contributed by atoms with van der Waals surface area (Å²) in [5.74, 6) is 0.288. The zero-order valence-electron chi connectivity index (χ0n) is 9.18. The van der Waals surface area contributed by atoms with Crippen LogP contribution in [0.2, 0.25) is 0 Å². The van der Waals surface area contributed by atoms with Crippen molar-refractivity contribution in [3.8, 4) is 0 Å². The van der Waals surface area contributed by atoms with Crippen molar-refractivity contribution < 1.29 is 4.79 Å². The van der Waals surface area contributed by atoms with E-state index in [1.54, 1.807) is 6.20 Å². The number of ketones is 1. The second-order valence-corrected chi connectivity index (χ2v) is 4.69. The van der Waals surface area contributed by atoms with E-state index in [-0.39, 0.29) is 5.78 Å². The van der Waals surface area contributed by atoms with Crippen LogP contribution >= 0.6 is 0 Å². The molecule has 1 aliphatic carbocycles. The van der Waals surface area contributed by atoms with Crippen LogP contribution in [0.4, 0.5) is 5.69 Å². The topological polar surface area (TPSA) is 42.3 Å². The van der Waals surface area contributed by atoms with Crippen LogP contribution in [0.1, 0.15) is 18.4 Å². The van der Waals surface area contributed by atoms with Crippen molar-refractivity contribution in [1.29, 1.82) is 0 Å². The molecule has 4 rings (SSSR count). The molecular weight excluding hydrogens is 212 g/mol. The summed E-state index contributed by atoms with van der Waals surface area (Å²) in [4.78, 5) is 20.7. The van der Waals surface area contributed by atoms with Gasteiger partial charge in [0.1, 0.15) is 5.78 Å². The minimum absolute atomic E-state index is 0.288. The number of hydrogen-bond donors (Lipinski definition) is 0. The Labute approximate surface area is 98.2 Å². The summed E-state index contributed by atoms with van der Waals surface area (Å²) in [6.07, 6.45) is 5.14. The lowest BCUT2D eigenvalue weighted by Gasteiger charge is -2.35. The number of carbonyl (C=O) groups excluding carboxylic acids is 1. The molecule has 0 N–H and O–H groups in total. The molecule has 2 heterocycles. The molecule has 0 radical (unpaired) electrons. The van der Waals surface area contributed by atoms with Crippen molar-refractivity contribution in [2.75, 3.05) is 0 Å². The number of Topliss-reactive ketones (excluding diaryl/α,β-unsaturated/α-hetero) is 1. The summed E-state index contributed by atoms with van der Waals surface area (Å²) in [5, 5.41) is 1.07. The number of aliphatic imine (C=N–C) groups is 1. The fourth-order valence-corrected chi connectivity index (χ4v) is 2.84. The first-order valence-electron chi connectivity index (χ1n) is 5.78. The SMILES string of the molecule is O=C1CCC12C=Nc1cnc3ccccc3c12. The summed E-state index contributed by atoms with van der Waals surface area (Å²) in [5.41, 5.74) is 2.43. The quantitative estimate of drug-likeness (QED) is 0.687. The van der Waals surface area contributed by atoms with Gasteiger partial charge < -0.3 is 0 Å². The normalized spacial score (nSPS) is 25.3. The lowest BCUT2D eigenvalue weighted by Crippen LogP contribution is -2.45. The molecule has 1 aromatic heterocycles. The Kier molecular flexibility index (Phi) is 1.49. The van der Waals surface area contributed by atoms with E-state index in [2.05, 4.69) is 9.98 Å². The third-order valence-electron chi connectivity index (χ3n) is 3.87. The van der Waals surface area contributed by atoms with Crippen LogP contribution < -0.4 is 0 Å². The Bertz CT molecular complexity index is 690. The molecule has 2 aromatic rings. The fraction of sp³-hybridized carbons (Fsp3) is 0.214. The minimum atomic E-state index is -0.433. The van der Waals surface area contributed by atoms with Gasteiger partial charge in [-0.15, -0.1) is 0 Å². The van der Waals surface area contributed by atoms with Crippen LogP contribution in [-0.4, -0.2) is 17.0 Å². The molecule has 0 bridgehead atoms. The van der Waals surface area contributed by atoms with Crippen LogP contribution in [0.5, 0.6) is 0 Å². The molecule has 0 saturated heterocycles. The summed E-state index contributed by atoms with van der Waals surface area (Å²) in [6, 6.07) is 7.96. The van der Waals surface area contributed by atoms with Gasteiger partial charge in [-0.2, -0.15) is 0 Å². The molecule has 1 spiro atoms. The highest BCUT2D eigenvalue weighted by atomic mass is 16.1. The average Bonchev–Trinajstić information content (AvgIpc) is 2.79. The average molecular weight is 222 g/mol. The van der Waals surface area contributed by atoms with Gasteiger partial charge in [-0.3, -0.25) is 14.8 Å².